The lowest BCUT2D eigenvalue weighted by atomic mass is 9.95. The van der Waals surface area contributed by atoms with E-state index in [0.717, 1.165) is 24.8 Å². The van der Waals surface area contributed by atoms with Crippen molar-refractivity contribution in [3.8, 4) is 0 Å². The van der Waals surface area contributed by atoms with Crippen LogP contribution in [-0.2, 0) is 16.1 Å². The van der Waals surface area contributed by atoms with E-state index in [-0.39, 0.29) is 30.2 Å². The number of aliphatic hydroxyl groups excluding tert-OH is 1. The Morgan fingerprint density at radius 2 is 2.04 bits per heavy atom. The number of carbonyl (C=O) groups is 2. The first-order valence-corrected chi connectivity index (χ1v) is 8.86. The summed E-state index contributed by atoms with van der Waals surface area (Å²) in [5.41, 5.74) is 1.08. The van der Waals surface area contributed by atoms with Gasteiger partial charge in [-0.2, -0.15) is 0 Å². The van der Waals surface area contributed by atoms with Crippen LogP contribution < -0.4 is 0 Å². The fourth-order valence-corrected chi connectivity index (χ4v) is 3.86. The van der Waals surface area contributed by atoms with E-state index in [2.05, 4.69) is 0 Å². The number of hydrogen-bond acceptors (Lipinski definition) is 3. The number of carbonyl (C=O) groups excluding carboxylic acids is 2. The second-order valence-corrected chi connectivity index (χ2v) is 7.00. The Kier molecular flexibility index (Phi) is 5.19. The maximum Gasteiger partial charge on any atom is 0.228 e. The molecule has 2 fully saturated rings. The number of rotatable bonds is 4. The van der Waals surface area contributed by atoms with Crippen molar-refractivity contribution in [2.75, 3.05) is 13.1 Å². The maximum absolute atomic E-state index is 12.9. The molecule has 0 bridgehead atoms. The summed E-state index contributed by atoms with van der Waals surface area (Å²) in [5, 5.41) is 9.97. The minimum absolute atomic E-state index is 0.0320. The lowest BCUT2D eigenvalue weighted by Gasteiger charge is -2.38. The topological polar surface area (TPSA) is 60.9 Å². The van der Waals surface area contributed by atoms with Gasteiger partial charge in [-0.25, -0.2) is 0 Å². The van der Waals surface area contributed by atoms with Crippen LogP contribution in [0.2, 0.25) is 0 Å². The lowest BCUT2D eigenvalue weighted by molar-refractivity contribution is -0.142. The molecule has 1 N–H and O–H groups in total. The Hall–Kier alpha value is -1.88. The molecule has 24 heavy (non-hydrogen) atoms. The summed E-state index contributed by atoms with van der Waals surface area (Å²) in [6.45, 7) is 3.48. The molecule has 0 aliphatic carbocycles. The van der Waals surface area contributed by atoms with Gasteiger partial charge in [0, 0.05) is 26.1 Å². The molecule has 2 aliphatic rings. The summed E-state index contributed by atoms with van der Waals surface area (Å²) in [7, 11) is 0. The monoisotopic (exact) mass is 330 g/mol. The molecule has 1 aromatic carbocycles. The number of likely N-dealkylation sites (tertiary alicyclic amines) is 2. The van der Waals surface area contributed by atoms with Crippen molar-refractivity contribution in [2.45, 2.75) is 51.3 Å². The van der Waals surface area contributed by atoms with Gasteiger partial charge in [0.2, 0.25) is 11.8 Å². The molecule has 5 nitrogen and oxygen atoms in total. The zero-order valence-electron chi connectivity index (χ0n) is 14.2. The van der Waals surface area contributed by atoms with E-state index >= 15 is 0 Å². The van der Waals surface area contributed by atoms with E-state index in [1.165, 1.54) is 0 Å². The minimum Gasteiger partial charge on any atom is -0.391 e. The predicted octanol–water partition coefficient (Wildman–Crippen LogP) is 1.80. The second kappa shape index (κ2) is 7.34. The molecule has 5 heteroatoms. The molecule has 0 spiro atoms. The van der Waals surface area contributed by atoms with Crippen LogP contribution in [0.1, 0.15) is 38.2 Å². The zero-order valence-corrected chi connectivity index (χ0v) is 14.2. The minimum atomic E-state index is -0.522. The molecule has 0 aromatic heterocycles. The SMILES string of the molecule is CC(O)C1CCCCN1C(=O)C1CC(=O)N(Cc2ccccc2)C1. The number of nitrogens with zero attached hydrogens (tertiary/aromatic N) is 2. The van der Waals surface area contributed by atoms with Gasteiger partial charge >= 0.3 is 0 Å². The summed E-state index contributed by atoms with van der Waals surface area (Å²) in [5.74, 6) is -0.201. The first kappa shape index (κ1) is 17.0. The summed E-state index contributed by atoms with van der Waals surface area (Å²) in [6.07, 6.45) is 2.63. The zero-order chi connectivity index (χ0) is 17.1. The van der Waals surface area contributed by atoms with Crippen molar-refractivity contribution >= 4 is 11.8 Å². The quantitative estimate of drug-likeness (QED) is 0.916. The predicted molar refractivity (Wildman–Crippen MR) is 91.0 cm³/mol. The fraction of sp³-hybridized carbons (Fsp3) is 0.579. The van der Waals surface area contributed by atoms with E-state index in [9.17, 15) is 14.7 Å². The van der Waals surface area contributed by atoms with Crippen molar-refractivity contribution in [3.63, 3.8) is 0 Å². The van der Waals surface area contributed by atoms with Crippen LogP contribution in [0.15, 0.2) is 30.3 Å². The lowest BCUT2D eigenvalue weighted by Crippen LogP contribution is -2.51. The maximum atomic E-state index is 12.9. The molecule has 3 unspecified atom stereocenters. The Morgan fingerprint density at radius 3 is 2.75 bits per heavy atom. The van der Waals surface area contributed by atoms with Gasteiger partial charge in [0.25, 0.3) is 0 Å². The van der Waals surface area contributed by atoms with Gasteiger partial charge in [0.1, 0.15) is 0 Å². The van der Waals surface area contributed by atoms with E-state index < -0.39 is 6.10 Å². The summed E-state index contributed by atoms with van der Waals surface area (Å²) in [4.78, 5) is 28.8. The highest BCUT2D eigenvalue weighted by molar-refractivity contribution is 5.89. The number of hydrogen-bond donors (Lipinski definition) is 1. The van der Waals surface area contributed by atoms with Gasteiger partial charge in [-0.3, -0.25) is 9.59 Å². The Morgan fingerprint density at radius 1 is 1.29 bits per heavy atom. The molecular weight excluding hydrogens is 304 g/mol. The number of amides is 2. The van der Waals surface area contributed by atoms with Crippen molar-refractivity contribution in [3.05, 3.63) is 35.9 Å². The van der Waals surface area contributed by atoms with Crippen LogP contribution in [0.25, 0.3) is 0 Å². The number of aliphatic hydroxyl groups is 1. The van der Waals surface area contributed by atoms with Gasteiger partial charge in [-0.15, -0.1) is 0 Å². The largest absolute Gasteiger partial charge is 0.391 e. The van der Waals surface area contributed by atoms with Gasteiger partial charge in [-0.05, 0) is 31.7 Å². The van der Waals surface area contributed by atoms with Gasteiger partial charge in [0.15, 0.2) is 0 Å². The van der Waals surface area contributed by atoms with Gasteiger partial charge in [0.05, 0.1) is 18.1 Å². The first-order valence-electron chi connectivity index (χ1n) is 8.86. The highest BCUT2D eigenvalue weighted by Gasteiger charge is 2.39. The molecule has 130 valence electrons. The molecule has 2 amide bonds. The molecule has 0 saturated carbocycles. The first-order chi connectivity index (χ1) is 11.6. The summed E-state index contributed by atoms with van der Waals surface area (Å²) < 4.78 is 0. The normalized spacial score (nSPS) is 25.8. The summed E-state index contributed by atoms with van der Waals surface area (Å²) in [6, 6.07) is 9.75. The highest BCUT2D eigenvalue weighted by atomic mass is 16.3. The van der Waals surface area contributed by atoms with Gasteiger partial charge < -0.3 is 14.9 Å². The van der Waals surface area contributed by atoms with Crippen molar-refractivity contribution < 1.29 is 14.7 Å². The van der Waals surface area contributed by atoms with E-state index in [1.54, 1.807) is 11.8 Å². The third-order valence-corrected chi connectivity index (χ3v) is 5.17. The van der Waals surface area contributed by atoms with E-state index in [4.69, 9.17) is 0 Å². The van der Waals surface area contributed by atoms with Crippen LogP contribution in [0.4, 0.5) is 0 Å². The molecule has 3 rings (SSSR count). The smallest absolute Gasteiger partial charge is 0.228 e. The molecule has 2 heterocycles. The number of piperidine rings is 1. The molecule has 0 radical (unpaired) electrons. The van der Waals surface area contributed by atoms with Crippen molar-refractivity contribution in [1.82, 2.24) is 9.80 Å². The van der Waals surface area contributed by atoms with Crippen molar-refractivity contribution in [2.24, 2.45) is 5.92 Å². The average molecular weight is 330 g/mol. The van der Waals surface area contributed by atoms with Crippen LogP contribution in [0.3, 0.4) is 0 Å². The molecule has 3 atom stereocenters. The average Bonchev–Trinajstić information content (AvgIpc) is 2.96. The third kappa shape index (κ3) is 3.61. The van der Waals surface area contributed by atoms with Crippen molar-refractivity contribution in [1.29, 1.82) is 0 Å². The third-order valence-electron chi connectivity index (χ3n) is 5.17. The molecular formula is C19H26N2O3. The Labute approximate surface area is 143 Å². The van der Waals surface area contributed by atoms with E-state index in [1.807, 2.05) is 35.2 Å². The molecule has 1 aromatic rings. The number of benzene rings is 1. The van der Waals surface area contributed by atoms with Gasteiger partial charge in [-0.1, -0.05) is 30.3 Å². The second-order valence-electron chi connectivity index (χ2n) is 7.00. The van der Waals surface area contributed by atoms with Crippen LogP contribution in [0, 0.1) is 5.92 Å². The standard InChI is InChI=1S/C19H26N2O3/c1-14(22)17-9-5-6-10-21(17)19(24)16-11-18(23)20(13-16)12-15-7-3-2-4-8-15/h2-4,7-8,14,16-17,22H,5-6,9-13H2,1H3. The van der Waals surface area contributed by atoms with Crippen LogP contribution in [-0.4, -0.2) is 52.0 Å². The van der Waals surface area contributed by atoms with Crippen LogP contribution >= 0.6 is 0 Å². The van der Waals surface area contributed by atoms with E-state index in [0.29, 0.717) is 19.6 Å². The molecule has 2 saturated heterocycles. The van der Waals surface area contributed by atoms with Crippen LogP contribution in [0.5, 0.6) is 0 Å². The summed E-state index contributed by atoms with van der Waals surface area (Å²) >= 11 is 0. The Bertz CT molecular complexity index is 588. The Balaban J connectivity index is 1.65. The fourth-order valence-electron chi connectivity index (χ4n) is 3.86. The highest BCUT2D eigenvalue weighted by Crippen LogP contribution is 2.27. The molecule has 2 aliphatic heterocycles.